The van der Waals surface area contributed by atoms with Gasteiger partial charge in [0.1, 0.15) is 5.75 Å². The lowest BCUT2D eigenvalue weighted by Gasteiger charge is -2.26. The maximum Gasteiger partial charge on any atom is 0.120 e. The quantitative estimate of drug-likeness (QED) is 0.880. The number of benzene rings is 1. The van der Waals surface area contributed by atoms with Crippen LogP contribution in [0, 0.1) is 0 Å². The molecule has 0 aliphatic heterocycles. The maximum absolute atomic E-state index is 6.03. The molecule has 3 rings (SSSR count). The van der Waals surface area contributed by atoms with E-state index >= 15 is 0 Å². The minimum Gasteiger partial charge on any atom is -0.490 e. The Hall–Kier alpha value is -1.61. The Morgan fingerprint density at radius 1 is 1.11 bits per heavy atom. The van der Waals surface area contributed by atoms with Crippen molar-refractivity contribution in [2.24, 2.45) is 5.73 Å². The van der Waals surface area contributed by atoms with Crippen LogP contribution in [0.4, 0.5) is 0 Å². The highest BCUT2D eigenvalue weighted by atomic mass is 16.5. The zero-order chi connectivity index (χ0) is 12.4. The molecule has 0 unspecified atom stereocenters. The molecule has 0 saturated heterocycles. The molecular formula is C15H18N2O. The van der Waals surface area contributed by atoms with E-state index in [1.165, 1.54) is 0 Å². The molecule has 0 spiro atoms. The molecule has 18 heavy (non-hydrogen) atoms. The van der Waals surface area contributed by atoms with Gasteiger partial charge in [-0.2, -0.15) is 0 Å². The Balaban J connectivity index is 1.74. The van der Waals surface area contributed by atoms with E-state index in [4.69, 9.17) is 10.5 Å². The van der Waals surface area contributed by atoms with Crippen molar-refractivity contribution in [3.05, 3.63) is 36.5 Å². The van der Waals surface area contributed by atoms with Gasteiger partial charge in [-0.15, -0.1) is 0 Å². The fourth-order valence-corrected chi connectivity index (χ4v) is 2.53. The summed E-state index contributed by atoms with van der Waals surface area (Å²) in [7, 11) is 0. The van der Waals surface area contributed by atoms with Crippen molar-refractivity contribution >= 4 is 10.9 Å². The molecular weight excluding hydrogens is 224 g/mol. The van der Waals surface area contributed by atoms with E-state index in [0.29, 0.717) is 12.1 Å². The van der Waals surface area contributed by atoms with Gasteiger partial charge in [-0.05, 0) is 49.9 Å². The molecule has 0 amide bonds. The van der Waals surface area contributed by atoms with Gasteiger partial charge < -0.3 is 10.5 Å². The third-order valence-corrected chi connectivity index (χ3v) is 3.60. The number of rotatable bonds is 2. The van der Waals surface area contributed by atoms with Crippen LogP contribution in [0.3, 0.4) is 0 Å². The van der Waals surface area contributed by atoms with E-state index in [-0.39, 0.29) is 0 Å². The molecule has 1 aliphatic rings. The lowest BCUT2D eigenvalue weighted by atomic mass is 9.94. The summed E-state index contributed by atoms with van der Waals surface area (Å²) in [5.41, 5.74) is 6.91. The average molecular weight is 242 g/mol. The molecule has 1 heterocycles. The van der Waals surface area contributed by atoms with Gasteiger partial charge in [0.15, 0.2) is 0 Å². The molecule has 1 aliphatic carbocycles. The lowest BCUT2D eigenvalue weighted by molar-refractivity contribution is 0.147. The Labute approximate surface area is 107 Å². The number of nitrogens with two attached hydrogens (primary N) is 1. The predicted molar refractivity (Wildman–Crippen MR) is 72.6 cm³/mol. The van der Waals surface area contributed by atoms with Gasteiger partial charge in [0.05, 0.1) is 11.6 Å². The first kappa shape index (κ1) is 11.5. The normalized spacial score (nSPS) is 24.1. The van der Waals surface area contributed by atoms with Crippen molar-refractivity contribution in [3.63, 3.8) is 0 Å². The van der Waals surface area contributed by atoms with Crippen LogP contribution < -0.4 is 10.5 Å². The highest BCUT2D eigenvalue weighted by molar-refractivity contribution is 5.79. The summed E-state index contributed by atoms with van der Waals surface area (Å²) in [6.45, 7) is 0. The van der Waals surface area contributed by atoms with E-state index in [9.17, 15) is 0 Å². The molecule has 3 heteroatoms. The molecule has 2 N–H and O–H groups in total. The van der Waals surface area contributed by atoms with Gasteiger partial charge >= 0.3 is 0 Å². The number of ether oxygens (including phenoxy) is 1. The molecule has 1 aromatic heterocycles. The van der Waals surface area contributed by atoms with Crippen molar-refractivity contribution in [1.29, 1.82) is 0 Å². The molecule has 0 radical (unpaired) electrons. The third kappa shape index (κ3) is 2.46. The Bertz CT molecular complexity index is 533. The van der Waals surface area contributed by atoms with Crippen molar-refractivity contribution < 1.29 is 4.74 Å². The van der Waals surface area contributed by atoms with Crippen LogP contribution in [-0.2, 0) is 0 Å². The summed E-state index contributed by atoms with van der Waals surface area (Å²) < 4.78 is 6.03. The average Bonchev–Trinajstić information content (AvgIpc) is 2.41. The third-order valence-electron chi connectivity index (χ3n) is 3.60. The lowest BCUT2D eigenvalue weighted by Crippen LogP contribution is -2.31. The summed E-state index contributed by atoms with van der Waals surface area (Å²) in [5, 5.41) is 1.13. The van der Waals surface area contributed by atoms with Gasteiger partial charge in [-0.3, -0.25) is 4.98 Å². The zero-order valence-electron chi connectivity index (χ0n) is 10.4. The second-order valence-corrected chi connectivity index (χ2v) is 5.01. The highest BCUT2D eigenvalue weighted by Crippen LogP contribution is 2.25. The summed E-state index contributed by atoms with van der Waals surface area (Å²) in [4.78, 5) is 4.31. The van der Waals surface area contributed by atoms with E-state index in [1.54, 1.807) is 0 Å². The first-order valence-corrected chi connectivity index (χ1v) is 6.58. The number of hydrogen-bond donors (Lipinski definition) is 1. The summed E-state index contributed by atoms with van der Waals surface area (Å²) in [6.07, 6.45) is 6.39. The largest absolute Gasteiger partial charge is 0.490 e. The number of pyridine rings is 1. The van der Waals surface area contributed by atoms with Crippen molar-refractivity contribution in [2.75, 3.05) is 0 Å². The Kier molecular flexibility index (Phi) is 3.15. The van der Waals surface area contributed by atoms with Crippen LogP contribution in [0.15, 0.2) is 36.5 Å². The van der Waals surface area contributed by atoms with Gasteiger partial charge in [0.2, 0.25) is 0 Å². The number of fused-ring (bicyclic) bond motifs is 1. The maximum atomic E-state index is 6.03. The van der Waals surface area contributed by atoms with Crippen LogP contribution in [0.25, 0.3) is 10.9 Å². The van der Waals surface area contributed by atoms with E-state index in [1.807, 2.05) is 24.4 Å². The van der Waals surface area contributed by atoms with Gasteiger partial charge in [0.25, 0.3) is 0 Å². The van der Waals surface area contributed by atoms with Crippen LogP contribution in [0.2, 0.25) is 0 Å². The van der Waals surface area contributed by atoms with Crippen LogP contribution in [-0.4, -0.2) is 17.1 Å². The van der Waals surface area contributed by atoms with Crippen molar-refractivity contribution in [2.45, 2.75) is 37.8 Å². The highest BCUT2D eigenvalue weighted by Gasteiger charge is 2.19. The smallest absolute Gasteiger partial charge is 0.120 e. The van der Waals surface area contributed by atoms with Crippen molar-refractivity contribution in [3.8, 4) is 5.75 Å². The first-order valence-electron chi connectivity index (χ1n) is 6.58. The standard InChI is InChI=1S/C15H18N2O/c16-12-3-5-13(6-4-12)18-14-7-8-15-11(10-14)2-1-9-17-15/h1-2,7-10,12-13H,3-6,16H2. The fourth-order valence-electron chi connectivity index (χ4n) is 2.53. The van der Waals surface area contributed by atoms with Gasteiger partial charge in [0, 0.05) is 17.6 Å². The monoisotopic (exact) mass is 242 g/mol. The topological polar surface area (TPSA) is 48.1 Å². The predicted octanol–water partition coefficient (Wildman–Crippen LogP) is 2.88. The molecule has 2 aromatic rings. The van der Waals surface area contributed by atoms with E-state index in [2.05, 4.69) is 17.1 Å². The Morgan fingerprint density at radius 2 is 1.94 bits per heavy atom. The second kappa shape index (κ2) is 4.94. The molecule has 1 saturated carbocycles. The summed E-state index contributed by atoms with van der Waals surface area (Å²) in [6, 6.07) is 10.5. The number of hydrogen-bond acceptors (Lipinski definition) is 3. The van der Waals surface area contributed by atoms with Gasteiger partial charge in [-0.1, -0.05) is 6.07 Å². The number of nitrogens with zero attached hydrogens (tertiary/aromatic N) is 1. The van der Waals surface area contributed by atoms with Gasteiger partial charge in [-0.25, -0.2) is 0 Å². The van der Waals surface area contributed by atoms with E-state index in [0.717, 1.165) is 42.3 Å². The fraction of sp³-hybridized carbons (Fsp3) is 0.400. The second-order valence-electron chi connectivity index (χ2n) is 5.01. The van der Waals surface area contributed by atoms with E-state index < -0.39 is 0 Å². The molecule has 0 bridgehead atoms. The SMILES string of the molecule is NC1CCC(Oc2ccc3ncccc3c2)CC1. The summed E-state index contributed by atoms with van der Waals surface area (Å²) in [5.74, 6) is 0.941. The van der Waals surface area contributed by atoms with Crippen LogP contribution >= 0.6 is 0 Å². The van der Waals surface area contributed by atoms with Crippen LogP contribution in [0.1, 0.15) is 25.7 Å². The first-order chi connectivity index (χ1) is 8.81. The molecule has 0 atom stereocenters. The Morgan fingerprint density at radius 3 is 2.78 bits per heavy atom. The summed E-state index contributed by atoms with van der Waals surface area (Å²) >= 11 is 0. The molecule has 3 nitrogen and oxygen atoms in total. The molecule has 1 aromatic carbocycles. The molecule has 94 valence electrons. The zero-order valence-corrected chi connectivity index (χ0v) is 10.4. The minimum atomic E-state index is 0.318. The minimum absolute atomic E-state index is 0.318. The van der Waals surface area contributed by atoms with Crippen LogP contribution in [0.5, 0.6) is 5.75 Å². The molecule has 1 fully saturated rings. The number of aromatic nitrogens is 1. The van der Waals surface area contributed by atoms with Crippen molar-refractivity contribution in [1.82, 2.24) is 4.98 Å².